The Bertz CT molecular complexity index is 801. The number of carbonyl (C=O) groups is 3. The lowest BCUT2D eigenvalue weighted by atomic mass is 10.1. The van der Waals surface area contributed by atoms with Crippen LogP contribution in [-0.2, 0) is 14.4 Å². The summed E-state index contributed by atoms with van der Waals surface area (Å²) in [6.45, 7) is 1.98. The van der Waals surface area contributed by atoms with E-state index in [1.165, 1.54) is 0 Å². The van der Waals surface area contributed by atoms with Crippen molar-refractivity contribution in [2.24, 2.45) is 5.92 Å². The molecule has 0 spiro atoms. The van der Waals surface area contributed by atoms with Gasteiger partial charge in [0.25, 0.3) is 11.8 Å². The minimum absolute atomic E-state index is 0.0933. The zero-order valence-electron chi connectivity index (χ0n) is 13.7. The molecule has 2 aliphatic carbocycles. The van der Waals surface area contributed by atoms with E-state index in [2.05, 4.69) is 31.9 Å². The molecule has 2 atom stereocenters. The monoisotopic (exact) mass is 466 g/mol. The number of halogens is 2. The van der Waals surface area contributed by atoms with Gasteiger partial charge in [0, 0.05) is 7.05 Å². The maximum Gasteiger partial charge on any atom is 0.262 e. The molecule has 7 heteroatoms. The highest BCUT2D eigenvalue weighted by molar-refractivity contribution is 9.25. The second kappa shape index (κ2) is 5.51. The quantitative estimate of drug-likeness (QED) is 0.338. The highest BCUT2D eigenvalue weighted by Gasteiger charge is 2.62. The SMILES string of the molecule is CC1C=CC2=C(C=C1)C(=O)N([C@H]1CC=C3C(N(C)C1=O)C3(Br)Br)C2=O. The third-order valence-corrected chi connectivity index (χ3v) is 6.94. The predicted octanol–water partition coefficient (Wildman–Crippen LogP) is 2.44. The van der Waals surface area contributed by atoms with Crippen molar-refractivity contribution in [2.75, 3.05) is 7.05 Å². The number of amides is 3. The van der Waals surface area contributed by atoms with Crippen molar-refractivity contribution in [3.05, 3.63) is 47.1 Å². The molecule has 2 heterocycles. The van der Waals surface area contributed by atoms with Crippen LogP contribution in [0, 0.1) is 5.92 Å². The summed E-state index contributed by atoms with van der Waals surface area (Å²) >= 11 is 7.11. The van der Waals surface area contributed by atoms with Crippen molar-refractivity contribution in [3.8, 4) is 0 Å². The van der Waals surface area contributed by atoms with E-state index in [0.717, 1.165) is 10.5 Å². The van der Waals surface area contributed by atoms with E-state index in [1.54, 1.807) is 24.1 Å². The molecule has 0 radical (unpaired) electrons. The van der Waals surface area contributed by atoms with Gasteiger partial charge in [-0.3, -0.25) is 19.3 Å². The van der Waals surface area contributed by atoms with Gasteiger partial charge in [-0.1, -0.05) is 69.2 Å². The third kappa shape index (κ3) is 2.35. The first-order chi connectivity index (χ1) is 11.7. The number of likely N-dealkylation sites (N-methyl/N-ethyl adjacent to an activating group) is 1. The summed E-state index contributed by atoms with van der Waals surface area (Å²) in [5.74, 6) is -0.842. The number of hydrogen-bond acceptors (Lipinski definition) is 3. The fourth-order valence-corrected chi connectivity index (χ4v) is 5.28. The summed E-state index contributed by atoms with van der Waals surface area (Å²) in [5, 5.41) is 0. The second-order valence-electron chi connectivity index (χ2n) is 6.77. The normalized spacial score (nSPS) is 31.0. The third-order valence-electron chi connectivity index (χ3n) is 5.15. The van der Waals surface area contributed by atoms with E-state index < -0.39 is 6.04 Å². The molecular weight excluding hydrogens is 452 g/mol. The molecule has 4 rings (SSSR count). The Morgan fingerprint density at radius 1 is 1.08 bits per heavy atom. The van der Waals surface area contributed by atoms with Crippen LogP contribution in [0.2, 0.25) is 0 Å². The number of imide groups is 1. The number of nitrogens with zero attached hydrogens (tertiary/aromatic N) is 2. The van der Waals surface area contributed by atoms with Gasteiger partial charge < -0.3 is 4.90 Å². The van der Waals surface area contributed by atoms with Crippen LogP contribution in [0.4, 0.5) is 0 Å². The van der Waals surface area contributed by atoms with Crippen LogP contribution in [-0.4, -0.2) is 49.9 Å². The maximum atomic E-state index is 12.9. The standard InChI is InChI=1S/C18H16Br2N2O3/c1-9-3-5-10-11(6-4-9)16(24)22(15(10)23)13-8-7-12-14(18(12,19)20)21(2)17(13)25/h3-7,9,13-14H,8H2,1-2H3/t13-,14?/m0/s1. The molecule has 0 aromatic carbocycles. The molecule has 4 aliphatic rings. The summed E-state index contributed by atoms with van der Waals surface area (Å²) in [5.41, 5.74) is 1.80. The van der Waals surface area contributed by atoms with Gasteiger partial charge in [0.1, 0.15) is 9.28 Å². The van der Waals surface area contributed by atoms with Crippen LogP contribution >= 0.6 is 31.9 Å². The number of alkyl halides is 2. The van der Waals surface area contributed by atoms with Gasteiger partial charge in [-0.05, 0) is 17.9 Å². The maximum absolute atomic E-state index is 12.9. The summed E-state index contributed by atoms with van der Waals surface area (Å²) in [7, 11) is 1.70. The van der Waals surface area contributed by atoms with Gasteiger partial charge in [-0.25, -0.2) is 0 Å². The van der Waals surface area contributed by atoms with Crippen LogP contribution in [0.25, 0.3) is 0 Å². The van der Waals surface area contributed by atoms with E-state index in [4.69, 9.17) is 0 Å². The topological polar surface area (TPSA) is 57.7 Å². The Kier molecular flexibility index (Phi) is 3.74. The van der Waals surface area contributed by atoms with Crippen LogP contribution in [0.15, 0.2) is 47.1 Å². The summed E-state index contributed by atoms with van der Waals surface area (Å²) in [6, 6.07) is -0.892. The summed E-state index contributed by atoms with van der Waals surface area (Å²) in [4.78, 5) is 41.3. The number of allylic oxidation sites excluding steroid dienone is 2. The van der Waals surface area contributed by atoms with Crippen LogP contribution in [0.5, 0.6) is 0 Å². The highest BCUT2D eigenvalue weighted by atomic mass is 79.9. The molecule has 130 valence electrons. The number of carbonyl (C=O) groups excluding carboxylic acids is 3. The Morgan fingerprint density at radius 2 is 1.64 bits per heavy atom. The number of rotatable bonds is 1. The minimum Gasteiger partial charge on any atom is -0.335 e. The van der Waals surface area contributed by atoms with E-state index in [1.807, 2.05) is 25.2 Å². The molecule has 1 saturated carbocycles. The van der Waals surface area contributed by atoms with Gasteiger partial charge in [0.05, 0.1) is 17.2 Å². The number of fused-ring (bicyclic) bond motifs is 1. The summed E-state index contributed by atoms with van der Waals surface area (Å²) in [6.07, 6.45) is 9.44. The lowest BCUT2D eigenvalue weighted by Gasteiger charge is -2.28. The van der Waals surface area contributed by atoms with E-state index in [9.17, 15) is 14.4 Å². The first kappa shape index (κ1) is 17.0. The average Bonchev–Trinajstić information content (AvgIpc) is 3.13. The Labute approximate surface area is 162 Å². The Hall–Kier alpha value is -1.47. The largest absolute Gasteiger partial charge is 0.335 e. The molecule has 0 N–H and O–H groups in total. The average molecular weight is 468 g/mol. The molecule has 1 fully saturated rings. The molecule has 3 amide bonds. The van der Waals surface area contributed by atoms with Crippen LogP contribution in [0.1, 0.15) is 13.3 Å². The molecule has 0 bridgehead atoms. The Morgan fingerprint density at radius 3 is 2.20 bits per heavy atom. The van der Waals surface area contributed by atoms with Crippen LogP contribution in [0.3, 0.4) is 0 Å². The molecule has 0 aromatic rings. The number of hydrogen-bond donors (Lipinski definition) is 0. The van der Waals surface area contributed by atoms with E-state index >= 15 is 0 Å². The van der Waals surface area contributed by atoms with Gasteiger partial charge in [0.2, 0.25) is 5.91 Å². The first-order valence-electron chi connectivity index (χ1n) is 8.08. The molecule has 25 heavy (non-hydrogen) atoms. The molecule has 0 aromatic heterocycles. The van der Waals surface area contributed by atoms with Crippen molar-refractivity contribution in [2.45, 2.75) is 28.7 Å². The molecular formula is C18H16Br2N2O3. The fourth-order valence-electron chi connectivity index (χ4n) is 3.65. The first-order valence-corrected chi connectivity index (χ1v) is 9.67. The van der Waals surface area contributed by atoms with Gasteiger partial charge in [-0.15, -0.1) is 0 Å². The minimum atomic E-state index is -0.799. The molecule has 5 nitrogen and oxygen atoms in total. The molecule has 2 aliphatic heterocycles. The smallest absolute Gasteiger partial charge is 0.262 e. The van der Waals surface area contributed by atoms with Crippen molar-refractivity contribution >= 4 is 49.6 Å². The van der Waals surface area contributed by atoms with Crippen molar-refractivity contribution in [1.29, 1.82) is 0 Å². The highest BCUT2D eigenvalue weighted by Crippen LogP contribution is 2.59. The van der Waals surface area contributed by atoms with Crippen molar-refractivity contribution in [1.82, 2.24) is 9.80 Å². The molecule has 0 saturated heterocycles. The zero-order chi connectivity index (χ0) is 18.1. The van der Waals surface area contributed by atoms with E-state index in [0.29, 0.717) is 17.6 Å². The van der Waals surface area contributed by atoms with E-state index in [-0.39, 0.29) is 32.9 Å². The van der Waals surface area contributed by atoms with Gasteiger partial charge in [-0.2, -0.15) is 0 Å². The lowest BCUT2D eigenvalue weighted by Crippen LogP contribution is -2.51. The Balaban J connectivity index is 1.67. The lowest BCUT2D eigenvalue weighted by molar-refractivity contribution is -0.149. The predicted molar refractivity (Wildman–Crippen MR) is 100.0 cm³/mol. The van der Waals surface area contributed by atoms with Crippen LogP contribution < -0.4 is 0 Å². The van der Waals surface area contributed by atoms with Gasteiger partial charge >= 0.3 is 0 Å². The van der Waals surface area contributed by atoms with Crippen molar-refractivity contribution < 1.29 is 14.4 Å². The summed E-state index contributed by atoms with van der Waals surface area (Å²) < 4.78 is -0.384. The van der Waals surface area contributed by atoms with Gasteiger partial charge in [0.15, 0.2) is 0 Å². The molecule has 1 unspecified atom stereocenters. The second-order valence-corrected chi connectivity index (χ2v) is 10.3. The zero-order valence-corrected chi connectivity index (χ0v) is 16.9. The van der Waals surface area contributed by atoms with Crippen molar-refractivity contribution in [3.63, 3.8) is 0 Å². The fraction of sp³-hybridized carbons (Fsp3) is 0.389.